The molecule has 0 saturated carbocycles. The number of hydrogen-bond donors (Lipinski definition) is 3. The largest absolute Gasteiger partial charge is 0.573 e. The molecule has 0 atom stereocenters. The Bertz CT molecular complexity index is 997. The summed E-state index contributed by atoms with van der Waals surface area (Å²) >= 11 is 0. The molecule has 1 aromatic heterocycles. The Balaban J connectivity index is 0.000000140. The number of benzene rings is 3. The van der Waals surface area contributed by atoms with Crippen molar-refractivity contribution in [2.75, 3.05) is 18.8 Å². The number of anilines is 1. The first kappa shape index (κ1) is 21.5. The van der Waals surface area contributed by atoms with Gasteiger partial charge in [0, 0.05) is 27.5 Å². The predicted octanol–water partition coefficient (Wildman–Crippen LogP) is 5.86. The van der Waals surface area contributed by atoms with Crippen LogP contribution in [0, 0.1) is 0 Å². The zero-order valence-electron chi connectivity index (χ0n) is 16.4. The molecule has 0 bridgehead atoms. The number of ether oxygens (including phenoxy) is 1. The number of nitrogens with one attached hydrogen (secondary N) is 2. The third-order valence-corrected chi connectivity index (χ3v) is 4.48. The average molecular weight is 415 g/mol. The highest BCUT2D eigenvalue weighted by Gasteiger charge is 2.30. The van der Waals surface area contributed by atoms with Gasteiger partial charge >= 0.3 is 6.36 Å². The van der Waals surface area contributed by atoms with E-state index in [1.165, 1.54) is 59.9 Å². The van der Waals surface area contributed by atoms with Crippen LogP contribution >= 0.6 is 0 Å². The minimum atomic E-state index is -4.64. The Kier molecular flexibility index (Phi) is 7.19. The molecule has 4 N–H and O–H groups in total. The first-order valence-electron chi connectivity index (χ1n) is 9.70. The molecule has 2 heterocycles. The van der Waals surface area contributed by atoms with Gasteiger partial charge in [0.1, 0.15) is 5.75 Å². The molecule has 0 unspecified atom stereocenters. The number of hydrogen-bond acceptors (Lipinski definition) is 3. The van der Waals surface area contributed by atoms with Crippen LogP contribution in [-0.2, 0) is 0 Å². The summed E-state index contributed by atoms with van der Waals surface area (Å²) in [5.41, 5.74) is 8.07. The maximum Gasteiger partial charge on any atom is 0.573 e. The van der Waals surface area contributed by atoms with Crippen LogP contribution in [0.5, 0.6) is 5.75 Å². The standard InChI is InChI=1S/C12H9N.C7H6F3NO.C4H9N/c1-3-7-11-9(5-1)10-6-2-4-8-12(10)13-11;8-7(9,10)12-6-3-1-5(11)2-4-6;1-2-4-5-3-1/h1-8,13H;1-4H,11H2;5H,1-4H2. The van der Waals surface area contributed by atoms with Crippen LogP contribution < -0.4 is 15.8 Å². The van der Waals surface area contributed by atoms with E-state index in [-0.39, 0.29) is 5.75 Å². The zero-order chi connectivity index (χ0) is 21.4. The first-order valence-corrected chi connectivity index (χ1v) is 9.70. The van der Waals surface area contributed by atoms with Crippen LogP contribution in [0.4, 0.5) is 18.9 Å². The van der Waals surface area contributed by atoms with Crippen molar-refractivity contribution in [3.05, 3.63) is 72.8 Å². The molecule has 0 spiro atoms. The minimum Gasteiger partial charge on any atom is -0.406 e. The monoisotopic (exact) mass is 415 g/mol. The van der Waals surface area contributed by atoms with E-state index in [0.717, 1.165) is 12.1 Å². The van der Waals surface area contributed by atoms with Crippen molar-refractivity contribution in [2.24, 2.45) is 0 Å². The lowest BCUT2D eigenvalue weighted by molar-refractivity contribution is -0.274. The minimum absolute atomic E-state index is 0.267. The number of aromatic amines is 1. The molecule has 1 aliphatic heterocycles. The van der Waals surface area contributed by atoms with Crippen molar-refractivity contribution in [2.45, 2.75) is 19.2 Å². The number of para-hydroxylation sites is 2. The second-order valence-corrected chi connectivity index (χ2v) is 6.79. The lowest BCUT2D eigenvalue weighted by Crippen LogP contribution is -2.16. The van der Waals surface area contributed by atoms with Crippen LogP contribution in [0.15, 0.2) is 72.8 Å². The van der Waals surface area contributed by atoms with Crippen molar-refractivity contribution in [3.8, 4) is 5.75 Å². The normalized spacial score (nSPS) is 13.3. The van der Waals surface area contributed by atoms with Gasteiger partial charge in [-0.1, -0.05) is 36.4 Å². The fraction of sp³-hybridized carbons (Fsp3) is 0.217. The van der Waals surface area contributed by atoms with Crippen molar-refractivity contribution < 1.29 is 17.9 Å². The molecule has 30 heavy (non-hydrogen) atoms. The number of rotatable bonds is 1. The van der Waals surface area contributed by atoms with Crippen LogP contribution in [0.1, 0.15) is 12.8 Å². The second-order valence-electron chi connectivity index (χ2n) is 6.79. The van der Waals surface area contributed by atoms with Crippen molar-refractivity contribution in [1.82, 2.24) is 10.3 Å². The lowest BCUT2D eigenvalue weighted by atomic mass is 10.2. The van der Waals surface area contributed by atoms with Crippen LogP contribution in [0.2, 0.25) is 0 Å². The Morgan fingerprint density at radius 1 is 0.733 bits per heavy atom. The van der Waals surface area contributed by atoms with Crippen molar-refractivity contribution in [3.63, 3.8) is 0 Å². The van der Waals surface area contributed by atoms with Crippen LogP contribution in [-0.4, -0.2) is 24.4 Å². The summed E-state index contributed by atoms with van der Waals surface area (Å²) in [6, 6.07) is 21.7. The van der Waals surface area contributed by atoms with Crippen LogP contribution in [0.25, 0.3) is 21.8 Å². The van der Waals surface area contributed by atoms with Gasteiger partial charge in [-0.05, 0) is 62.3 Å². The highest BCUT2D eigenvalue weighted by molar-refractivity contribution is 6.06. The number of halogens is 3. The summed E-state index contributed by atoms with van der Waals surface area (Å²) < 4.78 is 38.4. The average Bonchev–Trinajstić information content (AvgIpc) is 3.41. The van der Waals surface area contributed by atoms with Crippen molar-refractivity contribution in [1.29, 1.82) is 0 Å². The molecule has 4 aromatic rings. The van der Waals surface area contributed by atoms with Gasteiger partial charge in [-0.2, -0.15) is 0 Å². The first-order chi connectivity index (χ1) is 14.4. The van der Waals surface area contributed by atoms with E-state index < -0.39 is 6.36 Å². The predicted molar refractivity (Wildman–Crippen MR) is 115 cm³/mol. The molecule has 1 saturated heterocycles. The van der Waals surface area contributed by atoms with Gasteiger partial charge in [-0.15, -0.1) is 13.2 Å². The van der Waals surface area contributed by atoms with E-state index in [1.807, 2.05) is 0 Å². The number of nitrogen functional groups attached to an aromatic ring is 1. The Hall–Kier alpha value is -3.19. The molecule has 0 aliphatic carbocycles. The van der Waals surface area contributed by atoms with Gasteiger partial charge in [-0.25, -0.2) is 0 Å². The van der Waals surface area contributed by atoms with Crippen molar-refractivity contribution >= 4 is 27.5 Å². The fourth-order valence-electron chi connectivity index (χ4n) is 3.09. The van der Waals surface area contributed by atoms with Gasteiger partial charge in [-0.3, -0.25) is 0 Å². The number of fused-ring (bicyclic) bond motifs is 3. The van der Waals surface area contributed by atoms with Gasteiger partial charge < -0.3 is 20.8 Å². The zero-order valence-corrected chi connectivity index (χ0v) is 16.4. The van der Waals surface area contributed by atoms with E-state index in [2.05, 4.69) is 63.6 Å². The lowest BCUT2D eigenvalue weighted by Gasteiger charge is -2.07. The smallest absolute Gasteiger partial charge is 0.406 e. The topological polar surface area (TPSA) is 63.1 Å². The number of aromatic nitrogens is 1. The summed E-state index contributed by atoms with van der Waals surface area (Å²) in [5, 5.41) is 5.83. The summed E-state index contributed by atoms with van der Waals surface area (Å²) in [6.45, 7) is 2.50. The highest BCUT2D eigenvalue weighted by atomic mass is 19.4. The quantitative estimate of drug-likeness (QED) is 0.341. The molecule has 5 rings (SSSR count). The van der Waals surface area contributed by atoms with Gasteiger partial charge in [0.2, 0.25) is 0 Å². The van der Waals surface area contributed by atoms with Crippen LogP contribution in [0.3, 0.4) is 0 Å². The van der Waals surface area contributed by atoms with Gasteiger partial charge in [0.15, 0.2) is 0 Å². The summed E-state index contributed by atoms with van der Waals surface area (Å²) in [4.78, 5) is 3.38. The van der Waals surface area contributed by atoms with E-state index in [4.69, 9.17) is 5.73 Å². The number of H-pyrrole nitrogens is 1. The summed E-state index contributed by atoms with van der Waals surface area (Å²) in [6.07, 6.45) is -1.86. The molecule has 7 heteroatoms. The Labute approximate surface area is 172 Å². The molecular weight excluding hydrogens is 391 g/mol. The summed E-state index contributed by atoms with van der Waals surface area (Å²) in [5.74, 6) is -0.267. The highest BCUT2D eigenvalue weighted by Crippen LogP contribution is 2.24. The second kappa shape index (κ2) is 10.0. The molecule has 0 amide bonds. The number of alkyl halides is 3. The third kappa shape index (κ3) is 6.42. The molecule has 1 aliphatic rings. The van der Waals surface area contributed by atoms with E-state index in [0.29, 0.717) is 5.69 Å². The maximum absolute atomic E-state index is 11.6. The molecular formula is C23H24F3N3O. The van der Waals surface area contributed by atoms with E-state index >= 15 is 0 Å². The molecule has 3 aromatic carbocycles. The van der Waals surface area contributed by atoms with Gasteiger partial charge in [0.05, 0.1) is 0 Å². The van der Waals surface area contributed by atoms with Gasteiger partial charge in [0.25, 0.3) is 0 Å². The fourth-order valence-corrected chi connectivity index (χ4v) is 3.09. The molecule has 158 valence electrons. The van der Waals surface area contributed by atoms with E-state index in [9.17, 15) is 13.2 Å². The molecule has 1 fully saturated rings. The SMILES string of the molecule is C1CCNC1.Nc1ccc(OC(F)(F)F)cc1.c1ccc2c(c1)[nH]c1ccccc12. The van der Waals surface area contributed by atoms with E-state index in [1.54, 1.807) is 0 Å². The maximum atomic E-state index is 11.6. The molecule has 4 nitrogen and oxygen atoms in total. The molecule has 0 radical (unpaired) electrons. The Morgan fingerprint density at radius 2 is 1.23 bits per heavy atom. The summed E-state index contributed by atoms with van der Waals surface area (Å²) in [7, 11) is 0. The third-order valence-electron chi connectivity index (χ3n) is 4.48. The number of nitrogens with two attached hydrogens (primary N) is 1. The Morgan fingerprint density at radius 3 is 1.67 bits per heavy atom.